The topological polar surface area (TPSA) is 79.7 Å². The normalized spacial score (nSPS) is 22.4. The fraction of sp³-hybridized carbons (Fsp3) is 0.562. The molecule has 6 heteroatoms. The third kappa shape index (κ3) is 2.53. The molecule has 1 amide bonds. The number of carboxylic acids is 1. The molecule has 1 aliphatic carbocycles. The van der Waals surface area contributed by atoms with Gasteiger partial charge < -0.3 is 14.7 Å². The van der Waals surface area contributed by atoms with Crippen LogP contribution >= 0.6 is 0 Å². The molecule has 0 radical (unpaired) electrons. The van der Waals surface area contributed by atoms with Gasteiger partial charge in [-0.15, -0.1) is 0 Å². The zero-order valence-electron chi connectivity index (χ0n) is 12.6. The minimum atomic E-state index is -0.703. The SMILES string of the molecule is CCOc1ncccc1C(=O)N1CCC2(CC1)CC2C(=O)O. The highest BCUT2D eigenvalue weighted by atomic mass is 16.5. The number of hydrogen-bond acceptors (Lipinski definition) is 4. The lowest BCUT2D eigenvalue weighted by atomic mass is 9.90. The van der Waals surface area contributed by atoms with Crippen molar-refractivity contribution in [2.45, 2.75) is 26.2 Å². The van der Waals surface area contributed by atoms with E-state index in [9.17, 15) is 9.59 Å². The number of aliphatic carboxylic acids is 1. The van der Waals surface area contributed by atoms with Gasteiger partial charge in [0, 0.05) is 19.3 Å². The molecule has 1 atom stereocenters. The van der Waals surface area contributed by atoms with E-state index in [0.29, 0.717) is 31.1 Å². The third-order valence-corrected chi connectivity index (χ3v) is 4.82. The number of nitrogens with zero attached hydrogens (tertiary/aromatic N) is 2. The van der Waals surface area contributed by atoms with Gasteiger partial charge in [-0.1, -0.05) is 0 Å². The highest BCUT2D eigenvalue weighted by molar-refractivity contribution is 5.96. The van der Waals surface area contributed by atoms with Crippen LogP contribution in [0.1, 0.15) is 36.5 Å². The van der Waals surface area contributed by atoms with Crippen LogP contribution in [0.5, 0.6) is 5.88 Å². The van der Waals surface area contributed by atoms with E-state index in [1.54, 1.807) is 23.2 Å². The summed E-state index contributed by atoms with van der Waals surface area (Å²) in [6.45, 7) is 3.51. The quantitative estimate of drug-likeness (QED) is 0.917. The van der Waals surface area contributed by atoms with Crippen molar-refractivity contribution >= 4 is 11.9 Å². The molecule has 3 rings (SSSR count). The van der Waals surface area contributed by atoms with Crippen molar-refractivity contribution in [3.05, 3.63) is 23.9 Å². The van der Waals surface area contributed by atoms with Crippen molar-refractivity contribution in [3.63, 3.8) is 0 Å². The maximum absolute atomic E-state index is 12.6. The smallest absolute Gasteiger partial charge is 0.307 e. The van der Waals surface area contributed by atoms with E-state index in [-0.39, 0.29) is 17.2 Å². The predicted molar refractivity (Wildman–Crippen MR) is 78.7 cm³/mol. The summed E-state index contributed by atoms with van der Waals surface area (Å²) < 4.78 is 5.41. The van der Waals surface area contributed by atoms with Gasteiger partial charge in [-0.3, -0.25) is 9.59 Å². The van der Waals surface area contributed by atoms with Crippen LogP contribution in [0.25, 0.3) is 0 Å². The van der Waals surface area contributed by atoms with Gasteiger partial charge in [0.25, 0.3) is 5.91 Å². The van der Waals surface area contributed by atoms with Gasteiger partial charge in [-0.2, -0.15) is 0 Å². The minimum absolute atomic E-state index is 0.0691. The van der Waals surface area contributed by atoms with E-state index in [4.69, 9.17) is 9.84 Å². The molecule has 6 nitrogen and oxygen atoms in total. The third-order valence-electron chi connectivity index (χ3n) is 4.82. The van der Waals surface area contributed by atoms with E-state index in [0.717, 1.165) is 19.3 Å². The number of hydrogen-bond donors (Lipinski definition) is 1. The molecule has 1 saturated carbocycles. The molecule has 1 spiro atoms. The highest BCUT2D eigenvalue weighted by Crippen LogP contribution is 2.59. The van der Waals surface area contributed by atoms with Crippen molar-refractivity contribution in [3.8, 4) is 5.88 Å². The fourth-order valence-electron chi connectivity index (χ4n) is 3.38. The first-order valence-electron chi connectivity index (χ1n) is 7.67. The van der Waals surface area contributed by atoms with Gasteiger partial charge in [0.1, 0.15) is 5.56 Å². The Hall–Kier alpha value is -2.11. The van der Waals surface area contributed by atoms with Crippen molar-refractivity contribution in [2.24, 2.45) is 11.3 Å². The summed E-state index contributed by atoms with van der Waals surface area (Å²) in [4.78, 5) is 29.6. The fourth-order valence-corrected chi connectivity index (χ4v) is 3.38. The standard InChI is InChI=1S/C16H20N2O4/c1-2-22-13-11(4-3-7-17-13)14(19)18-8-5-16(6-9-18)10-12(16)15(20)21/h3-4,7,12H,2,5-6,8-10H2,1H3,(H,20,21). The summed E-state index contributed by atoms with van der Waals surface area (Å²) >= 11 is 0. The molecule has 1 unspecified atom stereocenters. The summed E-state index contributed by atoms with van der Waals surface area (Å²) in [7, 11) is 0. The first-order chi connectivity index (χ1) is 10.6. The van der Waals surface area contributed by atoms with E-state index in [2.05, 4.69) is 4.98 Å². The second-order valence-corrected chi connectivity index (χ2v) is 6.04. The zero-order chi connectivity index (χ0) is 15.7. The van der Waals surface area contributed by atoms with Crippen molar-refractivity contribution in [1.29, 1.82) is 0 Å². The molecular weight excluding hydrogens is 284 g/mol. The molecule has 2 fully saturated rings. The van der Waals surface area contributed by atoms with Crippen molar-refractivity contribution in [2.75, 3.05) is 19.7 Å². The Morgan fingerprint density at radius 1 is 1.45 bits per heavy atom. The molecule has 1 N–H and O–H groups in total. The molecule has 0 bridgehead atoms. The maximum atomic E-state index is 12.6. The number of likely N-dealkylation sites (tertiary alicyclic amines) is 1. The van der Waals surface area contributed by atoms with Crippen LogP contribution < -0.4 is 4.74 Å². The van der Waals surface area contributed by atoms with Gasteiger partial charge in [0.05, 0.1) is 12.5 Å². The number of piperidine rings is 1. The second-order valence-electron chi connectivity index (χ2n) is 6.04. The van der Waals surface area contributed by atoms with Crippen LogP contribution in [0.15, 0.2) is 18.3 Å². The van der Waals surface area contributed by atoms with Crippen LogP contribution in [-0.2, 0) is 4.79 Å². The van der Waals surface area contributed by atoms with Crippen LogP contribution in [0.4, 0.5) is 0 Å². The van der Waals surface area contributed by atoms with Crippen molar-refractivity contribution in [1.82, 2.24) is 9.88 Å². The zero-order valence-corrected chi connectivity index (χ0v) is 12.6. The average molecular weight is 304 g/mol. The molecule has 1 aromatic heterocycles. The molecule has 2 aliphatic rings. The Morgan fingerprint density at radius 3 is 2.77 bits per heavy atom. The van der Waals surface area contributed by atoms with Gasteiger partial charge in [-0.25, -0.2) is 4.98 Å². The minimum Gasteiger partial charge on any atom is -0.481 e. The van der Waals surface area contributed by atoms with Crippen LogP contribution in [0.2, 0.25) is 0 Å². The molecule has 118 valence electrons. The maximum Gasteiger partial charge on any atom is 0.307 e. The lowest BCUT2D eigenvalue weighted by molar-refractivity contribution is -0.139. The van der Waals surface area contributed by atoms with Crippen LogP contribution in [-0.4, -0.2) is 46.6 Å². The lowest BCUT2D eigenvalue weighted by Gasteiger charge is -2.32. The van der Waals surface area contributed by atoms with E-state index in [1.165, 1.54) is 0 Å². The van der Waals surface area contributed by atoms with Crippen LogP contribution in [0, 0.1) is 11.3 Å². The Morgan fingerprint density at radius 2 is 2.18 bits per heavy atom. The van der Waals surface area contributed by atoms with Gasteiger partial charge in [0.15, 0.2) is 0 Å². The number of pyridine rings is 1. The summed E-state index contributed by atoms with van der Waals surface area (Å²) in [5, 5.41) is 9.11. The first kappa shape index (κ1) is 14.8. The summed E-state index contributed by atoms with van der Waals surface area (Å²) in [5.74, 6) is -0.642. The monoisotopic (exact) mass is 304 g/mol. The number of amides is 1. The molecular formula is C16H20N2O4. The summed E-state index contributed by atoms with van der Waals surface area (Å²) in [6, 6.07) is 3.45. The average Bonchev–Trinajstić information content (AvgIpc) is 3.22. The van der Waals surface area contributed by atoms with Gasteiger partial charge in [0.2, 0.25) is 5.88 Å². The number of ether oxygens (including phenoxy) is 1. The first-order valence-corrected chi connectivity index (χ1v) is 7.67. The van der Waals surface area contributed by atoms with Crippen LogP contribution in [0.3, 0.4) is 0 Å². The molecule has 1 aliphatic heterocycles. The molecule has 1 aromatic rings. The second kappa shape index (κ2) is 5.59. The number of carboxylic acid groups (broad SMARTS) is 1. The van der Waals surface area contributed by atoms with Crippen molar-refractivity contribution < 1.29 is 19.4 Å². The molecule has 0 aromatic carbocycles. The van der Waals surface area contributed by atoms with E-state index >= 15 is 0 Å². The number of aromatic nitrogens is 1. The Labute approximate surface area is 129 Å². The Balaban J connectivity index is 1.67. The Bertz CT molecular complexity index is 594. The number of carbonyl (C=O) groups is 2. The summed E-state index contributed by atoms with van der Waals surface area (Å²) in [5.41, 5.74) is 0.409. The predicted octanol–water partition coefficient (Wildman–Crippen LogP) is 1.81. The molecule has 1 saturated heterocycles. The largest absolute Gasteiger partial charge is 0.481 e. The number of rotatable bonds is 4. The lowest BCUT2D eigenvalue weighted by Crippen LogP contribution is -2.40. The van der Waals surface area contributed by atoms with E-state index in [1.807, 2.05) is 6.92 Å². The molecule has 22 heavy (non-hydrogen) atoms. The Kier molecular flexibility index (Phi) is 3.76. The number of carbonyl (C=O) groups excluding carboxylic acids is 1. The van der Waals surface area contributed by atoms with E-state index < -0.39 is 5.97 Å². The van der Waals surface area contributed by atoms with Gasteiger partial charge >= 0.3 is 5.97 Å². The van der Waals surface area contributed by atoms with Gasteiger partial charge in [-0.05, 0) is 43.7 Å². The summed E-state index contributed by atoms with van der Waals surface area (Å²) in [6.07, 6.45) is 3.88. The molecule has 2 heterocycles. The highest BCUT2D eigenvalue weighted by Gasteiger charge is 2.59.